The molecule has 6 heteroatoms. The summed E-state index contributed by atoms with van der Waals surface area (Å²) in [5, 5.41) is 23.0. The molecule has 3 N–H and O–H groups in total. The number of carbonyl (C=O) groups excluding carboxylic acids is 1. The molecular formula is C14H15N3O3. The summed E-state index contributed by atoms with van der Waals surface area (Å²) in [6, 6.07) is 7.50. The van der Waals surface area contributed by atoms with Gasteiger partial charge in [0.2, 0.25) is 0 Å². The van der Waals surface area contributed by atoms with Crippen LogP contribution in [0.1, 0.15) is 23.7 Å². The molecule has 104 valence electrons. The van der Waals surface area contributed by atoms with Crippen LogP contribution in [0, 0.1) is 11.3 Å². The van der Waals surface area contributed by atoms with Crippen molar-refractivity contribution in [2.45, 2.75) is 13.3 Å². The van der Waals surface area contributed by atoms with Gasteiger partial charge in [0.1, 0.15) is 11.6 Å². The minimum atomic E-state index is -1.04. The highest BCUT2D eigenvalue weighted by molar-refractivity contribution is 6.06. The minimum absolute atomic E-state index is 0.0410. The topological polar surface area (TPSA) is 102 Å². The lowest BCUT2D eigenvalue weighted by Crippen LogP contribution is -2.17. The predicted octanol–water partition coefficient (Wildman–Crippen LogP) is 1.73. The van der Waals surface area contributed by atoms with E-state index < -0.39 is 11.9 Å². The SMILES string of the molecule is CCCN/C=C(/C#N)C(=O)Nc1ccc(C(=O)O)cc1. The van der Waals surface area contributed by atoms with Crippen LogP contribution in [0.25, 0.3) is 0 Å². The van der Waals surface area contributed by atoms with Crippen molar-refractivity contribution in [1.82, 2.24) is 5.32 Å². The summed E-state index contributed by atoms with van der Waals surface area (Å²) in [5.41, 5.74) is 0.515. The highest BCUT2D eigenvalue weighted by Gasteiger charge is 2.09. The van der Waals surface area contributed by atoms with E-state index in [4.69, 9.17) is 10.4 Å². The van der Waals surface area contributed by atoms with Crippen molar-refractivity contribution in [2.75, 3.05) is 11.9 Å². The zero-order chi connectivity index (χ0) is 15.0. The fraction of sp³-hybridized carbons (Fsp3) is 0.214. The molecule has 1 amide bonds. The second-order valence-electron chi connectivity index (χ2n) is 3.96. The summed E-state index contributed by atoms with van der Waals surface area (Å²) in [5.74, 6) is -1.58. The number of nitrogens with one attached hydrogen (secondary N) is 2. The molecule has 20 heavy (non-hydrogen) atoms. The van der Waals surface area contributed by atoms with Gasteiger partial charge in [-0.15, -0.1) is 0 Å². The Balaban J connectivity index is 2.71. The number of nitrogens with zero attached hydrogens (tertiary/aromatic N) is 1. The molecule has 0 saturated carbocycles. The van der Waals surface area contributed by atoms with Gasteiger partial charge in [0.05, 0.1) is 5.56 Å². The zero-order valence-corrected chi connectivity index (χ0v) is 11.0. The van der Waals surface area contributed by atoms with Crippen LogP contribution in [0.2, 0.25) is 0 Å². The van der Waals surface area contributed by atoms with Gasteiger partial charge in [0.25, 0.3) is 5.91 Å². The standard InChI is InChI=1S/C14H15N3O3/c1-2-7-16-9-11(8-15)13(18)17-12-5-3-10(4-6-12)14(19)20/h3-6,9,16H,2,7H2,1H3,(H,17,18)(H,19,20)/b11-9-. The molecule has 1 aromatic carbocycles. The number of carboxylic acid groups (broad SMARTS) is 1. The van der Waals surface area contributed by atoms with Gasteiger partial charge in [-0.2, -0.15) is 5.26 Å². The van der Waals surface area contributed by atoms with Gasteiger partial charge in [-0.3, -0.25) is 4.79 Å². The Hall–Kier alpha value is -2.81. The molecule has 1 aromatic rings. The van der Waals surface area contributed by atoms with E-state index in [-0.39, 0.29) is 11.1 Å². The number of carbonyl (C=O) groups is 2. The van der Waals surface area contributed by atoms with Gasteiger partial charge in [-0.05, 0) is 30.7 Å². The summed E-state index contributed by atoms with van der Waals surface area (Å²) in [6.07, 6.45) is 2.25. The van der Waals surface area contributed by atoms with Crippen LogP contribution in [0.15, 0.2) is 36.0 Å². The van der Waals surface area contributed by atoms with Gasteiger partial charge in [-0.1, -0.05) is 6.92 Å². The number of hydrogen-bond donors (Lipinski definition) is 3. The molecule has 6 nitrogen and oxygen atoms in total. The zero-order valence-electron chi connectivity index (χ0n) is 11.0. The highest BCUT2D eigenvalue weighted by atomic mass is 16.4. The Morgan fingerprint density at radius 1 is 1.35 bits per heavy atom. The maximum absolute atomic E-state index is 11.8. The normalized spacial score (nSPS) is 10.5. The minimum Gasteiger partial charge on any atom is -0.478 e. The number of benzene rings is 1. The van der Waals surface area contributed by atoms with Gasteiger partial charge in [0, 0.05) is 18.4 Å². The Morgan fingerprint density at radius 3 is 2.50 bits per heavy atom. The molecule has 0 fully saturated rings. The van der Waals surface area contributed by atoms with Crippen LogP contribution in [0.3, 0.4) is 0 Å². The molecule has 0 atom stereocenters. The Labute approximate surface area is 116 Å². The molecule has 1 rings (SSSR count). The molecule has 0 aliphatic rings. The number of nitriles is 1. The van der Waals surface area contributed by atoms with Crippen molar-refractivity contribution in [3.05, 3.63) is 41.6 Å². The second-order valence-corrected chi connectivity index (χ2v) is 3.96. The monoisotopic (exact) mass is 273 g/mol. The first-order chi connectivity index (χ1) is 9.58. The van der Waals surface area contributed by atoms with Crippen LogP contribution < -0.4 is 10.6 Å². The molecule has 0 bridgehead atoms. The first kappa shape index (κ1) is 15.2. The number of anilines is 1. The van der Waals surface area contributed by atoms with Crippen molar-refractivity contribution in [3.63, 3.8) is 0 Å². The molecule has 0 aliphatic carbocycles. The van der Waals surface area contributed by atoms with Crippen molar-refractivity contribution >= 4 is 17.6 Å². The number of amides is 1. The average Bonchev–Trinajstić information content (AvgIpc) is 2.44. The van der Waals surface area contributed by atoms with Crippen LogP contribution in [-0.2, 0) is 4.79 Å². The molecule has 0 aliphatic heterocycles. The van der Waals surface area contributed by atoms with E-state index in [0.29, 0.717) is 12.2 Å². The molecular weight excluding hydrogens is 258 g/mol. The Kier molecular flexibility index (Phi) is 5.78. The van der Waals surface area contributed by atoms with E-state index >= 15 is 0 Å². The van der Waals surface area contributed by atoms with E-state index in [1.165, 1.54) is 30.5 Å². The van der Waals surface area contributed by atoms with Crippen LogP contribution >= 0.6 is 0 Å². The summed E-state index contributed by atoms with van der Waals surface area (Å²) in [7, 11) is 0. The number of aromatic carboxylic acids is 1. The van der Waals surface area contributed by atoms with Crippen LogP contribution in [0.5, 0.6) is 0 Å². The van der Waals surface area contributed by atoms with Crippen LogP contribution in [0.4, 0.5) is 5.69 Å². The van der Waals surface area contributed by atoms with Crippen molar-refractivity contribution in [2.24, 2.45) is 0 Å². The van der Waals surface area contributed by atoms with Crippen LogP contribution in [-0.4, -0.2) is 23.5 Å². The first-order valence-corrected chi connectivity index (χ1v) is 6.06. The van der Waals surface area contributed by atoms with E-state index in [2.05, 4.69) is 10.6 Å². The molecule has 0 aromatic heterocycles. The van der Waals surface area contributed by atoms with Gasteiger partial charge in [0.15, 0.2) is 0 Å². The lowest BCUT2D eigenvalue weighted by Gasteiger charge is -2.05. The second kappa shape index (κ2) is 7.59. The van der Waals surface area contributed by atoms with Crippen molar-refractivity contribution in [3.8, 4) is 6.07 Å². The van der Waals surface area contributed by atoms with E-state index in [9.17, 15) is 9.59 Å². The molecule has 0 spiro atoms. The third kappa shape index (κ3) is 4.46. The largest absolute Gasteiger partial charge is 0.478 e. The molecule has 0 radical (unpaired) electrons. The third-order valence-electron chi connectivity index (χ3n) is 2.40. The van der Waals surface area contributed by atoms with Gasteiger partial charge in [-0.25, -0.2) is 4.79 Å². The fourth-order valence-electron chi connectivity index (χ4n) is 1.36. The summed E-state index contributed by atoms with van der Waals surface area (Å²) in [6.45, 7) is 2.64. The van der Waals surface area contributed by atoms with E-state index in [1.54, 1.807) is 6.07 Å². The lowest BCUT2D eigenvalue weighted by atomic mass is 10.2. The maximum Gasteiger partial charge on any atom is 0.335 e. The third-order valence-corrected chi connectivity index (χ3v) is 2.40. The summed E-state index contributed by atoms with van der Waals surface area (Å²) in [4.78, 5) is 22.5. The Morgan fingerprint density at radius 2 is 2.00 bits per heavy atom. The van der Waals surface area contributed by atoms with E-state index in [1.807, 2.05) is 6.92 Å². The first-order valence-electron chi connectivity index (χ1n) is 6.06. The van der Waals surface area contributed by atoms with Crippen molar-refractivity contribution < 1.29 is 14.7 Å². The van der Waals surface area contributed by atoms with E-state index in [0.717, 1.165) is 6.42 Å². The van der Waals surface area contributed by atoms with Gasteiger partial charge >= 0.3 is 5.97 Å². The highest BCUT2D eigenvalue weighted by Crippen LogP contribution is 2.10. The molecule has 0 heterocycles. The summed E-state index contributed by atoms with van der Waals surface area (Å²) >= 11 is 0. The number of rotatable bonds is 6. The fourth-order valence-corrected chi connectivity index (χ4v) is 1.36. The number of hydrogen-bond acceptors (Lipinski definition) is 4. The average molecular weight is 273 g/mol. The quantitative estimate of drug-likeness (QED) is 0.416. The summed E-state index contributed by atoms with van der Waals surface area (Å²) < 4.78 is 0. The smallest absolute Gasteiger partial charge is 0.335 e. The molecule has 0 saturated heterocycles. The van der Waals surface area contributed by atoms with Crippen molar-refractivity contribution in [1.29, 1.82) is 5.26 Å². The lowest BCUT2D eigenvalue weighted by molar-refractivity contribution is -0.112. The number of carboxylic acids is 1. The van der Waals surface area contributed by atoms with Gasteiger partial charge < -0.3 is 15.7 Å². The Bertz CT molecular complexity index is 556. The predicted molar refractivity (Wildman–Crippen MR) is 74.0 cm³/mol. The maximum atomic E-state index is 11.8. The molecule has 0 unspecified atom stereocenters.